The van der Waals surface area contributed by atoms with E-state index in [4.69, 9.17) is 0 Å². The molecule has 0 atom stereocenters. The number of hydrazone groups is 1. The van der Waals surface area contributed by atoms with Gasteiger partial charge in [0.2, 0.25) is 0 Å². The van der Waals surface area contributed by atoms with E-state index in [-0.39, 0.29) is 11.7 Å². The van der Waals surface area contributed by atoms with Crippen LogP contribution in [-0.4, -0.2) is 32.4 Å². The molecule has 3 rings (SSSR count). The molecule has 28 heavy (non-hydrogen) atoms. The second kappa shape index (κ2) is 8.84. The molecule has 0 radical (unpaired) electrons. The summed E-state index contributed by atoms with van der Waals surface area (Å²) in [4.78, 5) is 20.7. The third kappa shape index (κ3) is 4.86. The molecule has 0 aliphatic heterocycles. The van der Waals surface area contributed by atoms with Crippen LogP contribution in [0.4, 0.5) is 0 Å². The Bertz CT molecular complexity index is 1010. The van der Waals surface area contributed by atoms with E-state index in [0.717, 1.165) is 22.8 Å². The first-order valence-electron chi connectivity index (χ1n) is 8.95. The van der Waals surface area contributed by atoms with Gasteiger partial charge in [-0.15, -0.1) is 0 Å². The first kappa shape index (κ1) is 19.8. The zero-order valence-electron chi connectivity index (χ0n) is 16.4. The minimum atomic E-state index is -0.200. The number of nitrogens with zero attached hydrogens (tertiary/aromatic N) is 4. The number of benzene rings is 1. The Morgan fingerprint density at radius 2 is 1.89 bits per heavy atom. The van der Waals surface area contributed by atoms with Gasteiger partial charge in [-0.25, -0.2) is 15.4 Å². The van der Waals surface area contributed by atoms with Gasteiger partial charge in [0.05, 0.1) is 17.7 Å². The number of aromatic nitrogens is 3. The topological polar surface area (TPSA) is 72.2 Å². The zero-order chi connectivity index (χ0) is 20.1. The van der Waals surface area contributed by atoms with E-state index in [1.54, 1.807) is 6.21 Å². The Kier molecular flexibility index (Phi) is 6.26. The van der Waals surface area contributed by atoms with Crippen LogP contribution in [0.3, 0.4) is 0 Å². The van der Waals surface area contributed by atoms with Crippen molar-refractivity contribution in [1.29, 1.82) is 0 Å². The molecule has 1 amide bonds. The highest BCUT2D eigenvalue weighted by Gasteiger charge is 2.07. The van der Waals surface area contributed by atoms with Gasteiger partial charge in [-0.2, -0.15) is 5.10 Å². The monoisotopic (exact) mass is 393 g/mol. The van der Waals surface area contributed by atoms with Crippen LogP contribution in [0.2, 0.25) is 0 Å². The molecule has 0 spiro atoms. The maximum Gasteiger partial charge on any atom is 0.250 e. The van der Waals surface area contributed by atoms with E-state index < -0.39 is 0 Å². The lowest BCUT2D eigenvalue weighted by molar-refractivity contribution is -0.118. The Balaban J connectivity index is 1.62. The smallest absolute Gasteiger partial charge is 0.250 e. The number of rotatable bonds is 6. The van der Waals surface area contributed by atoms with Crippen LogP contribution in [0.5, 0.6) is 0 Å². The van der Waals surface area contributed by atoms with Gasteiger partial charge in [0.25, 0.3) is 5.91 Å². The van der Waals surface area contributed by atoms with Gasteiger partial charge in [0, 0.05) is 23.3 Å². The summed E-state index contributed by atoms with van der Waals surface area (Å²) in [6.45, 7) is 8.01. The molecule has 1 N–H and O–H groups in total. The number of nitrogens with one attached hydrogen (secondary N) is 1. The average Bonchev–Trinajstić information content (AvgIpc) is 3.10. The highest BCUT2D eigenvalue weighted by Crippen LogP contribution is 2.19. The molecule has 0 fully saturated rings. The van der Waals surface area contributed by atoms with Crippen molar-refractivity contribution in [2.75, 3.05) is 5.75 Å². The Labute approximate surface area is 169 Å². The normalized spacial score (nSPS) is 11.1. The largest absolute Gasteiger partial charge is 0.315 e. The van der Waals surface area contributed by atoms with Crippen molar-refractivity contribution in [2.45, 2.75) is 32.9 Å². The second-order valence-corrected chi connectivity index (χ2v) is 7.48. The Morgan fingerprint density at radius 1 is 1.14 bits per heavy atom. The van der Waals surface area contributed by atoms with Crippen molar-refractivity contribution in [2.24, 2.45) is 5.10 Å². The maximum absolute atomic E-state index is 12.1. The number of hydrogen-bond acceptors (Lipinski definition) is 5. The average molecular weight is 394 g/mol. The molecule has 1 aromatic carbocycles. The van der Waals surface area contributed by atoms with E-state index in [1.807, 2.05) is 44.3 Å². The van der Waals surface area contributed by atoms with Gasteiger partial charge in [0.15, 0.2) is 5.16 Å². The Morgan fingerprint density at radius 3 is 2.64 bits per heavy atom. The van der Waals surface area contributed by atoms with Crippen molar-refractivity contribution < 1.29 is 4.79 Å². The number of amides is 1. The van der Waals surface area contributed by atoms with Crippen LogP contribution >= 0.6 is 11.8 Å². The molecular weight excluding hydrogens is 370 g/mol. The molecular formula is C21H23N5OS. The van der Waals surface area contributed by atoms with Crippen molar-refractivity contribution in [1.82, 2.24) is 20.0 Å². The van der Waals surface area contributed by atoms with Gasteiger partial charge < -0.3 is 4.57 Å². The van der Waals surface area contributed by atoms with E-state index in [9.17, 15) is 4.79 Å². The highest BCUT2D eigenvalue weighted by molar-refractivity contribution is 7.99. The summed E-state index contributed by atoms with van der Waals surface area (Å²) in [5, 5.41) is 4.70. The molecule has 6 nitrogen and oxygen atoms in total. The van der Waals surface area contributed by atoms with Gasteiger partial charge in [-0.3, -0.25) is 4.79 Å². The lowest BCUT2D eigenvalue weighted by Gasteiger charge is -2.11. The summed E-state index contributed by atoms with van der Waals surface area (Å²) in [5.74, 6) is 0.00644. The molecule has 2 aromatic heterocycles. The van der Waals surface area contributed by atoms with Crippen molar-refractivity contribution >= 4 is 23.9 Å². The van der Waals surface area contributed by atoms with E-state index in [2.05, 4.69) is 51.0 Å². The Hall–Kier alpha value is -2.93. The molecule has 7 heteroatoms. The third-order valence-electron chi connectivity index (χ3n) is 4.30. The fraction of sp³-hybridized carbons (Fsp3) is 0.238. The lowest BCUT2D eigenvalue weighted by Crippen LogP contribution is -2.20. The van der Waals surface area contributed by atoms with Gasteiger partial charge in [0.1, 0.15) is 0 Å². The van der Waals surface area contributed by atoms with Crippen LogP contribution in [0, 0.1) is 27.7 Å². The third-order valence-corrected chi connectivity index (χ3v) is 5.14. The number of aryl methyl sites for hydroxylation is 3. The van der Waals surface area contributed by atoms with E-state index in [1.165, 1.54) is 22.9 Å². The van der Waals surface area contributed by atoms with Crippen molar-refractivity contribution in [3.63, 3.8) is 0 Å². The van der Waals surface area contributed by atoms with Crippen molar-refractivity contribution in [3.8, 4) is 5.69 Å². The first-order valence-corrected chi connectivity index (χ1v) is 9.93. The predicted molar refractivity (Wildman–Crippen MR) is 113 cm³/mol. The number of carbonyl (C=O) groups is 1. The summed E-state index contributed by atoms with van der Waals surface area (Å²) in [5.41, 5.74) is 8.77. The molecule has 0 aliphatic rings. The quantitative estimate of drug-likeness (QED) is 0.300. The van der Waals surface area contributed by atoms with Crippen molar-refractivity contribution in [3.05, 3.63) is 70.8 Å². The molecule has 0 unspecified atom stereocenters. The SMILES string of the molecule is Cc1cc(C)nc(SCC(=O)N/N=C\c2cccn2-c2cccc(C)c2C)n1. The highest BCUT2D eigenvalue weighted by atomic mass is 32.2. The fourth-order valence-corrected chi connectivity index (χ4v) is 3.55. The summed E-state index contributed by atoms with van der Waals surface area (Å²) in [6, 6.07) is 12.0. The molecule has 144 valence electrons. The number of carbonyl (C=O) groups excluding carboxylic acids is 1. The number of hydrogen-bond donors (Lipinski definition) is 1. The standard InChI is InChI=1S/C21H23N5OS/c1-14-7-5-9-19(17(14)4)26-10-6-8-18(26)12-22-25-20(27)13-28-21-23-15(2)11-16(3)24-21/h5-12H,13H2,1-4H3,(H,25,27)/b22-12-. The van der Waals surface area contributed by atoms with Crippen LogP contribution in [0.1, 0.15) is 28.2 Å². The molecule has 2 heterocycles. The van der Waals surface area contributed by atoms with Gasteiger partial charge >= 0.3 is 0 Å². The second-order valence-electron chi connectivity index (χ2n) is 6.54. The minimum absolute atomic E-state index is 0.200. The summed E-state index contributed by atoms with van der Waals surface area (Å²) in [7, 11) is 0. The molecule has 0 aliphatic carbocycles. The number of thioether (sulfide) groups is 1. The summed E-state index contributed by atoms with van der Waals surface area (Å²) >= 11 is 1.29. The van der Waals surface area contributed by atoms with Crippen LogP contribution in [0.15, 0.2) is 52.9 Å². The molecule has 0 saturated carbocycles. The molecule has 3 aromatic rings. The predicted octanol–water partition coefficient (Wildman–Crippen LogP) is 3.74. The maximum atomic E-state index is 12.1. The van der Waals surface area contributed by atoms with E-state index >= 15 is 0 Å². The van der Waals surface area contributed by atoms with Gasteiger partial charge in [-0.05, 0) is 63.1 Å². The van der Waals surface area contributed by atoms with Crippen LogP contribution < -0.4 is 5.43 Å². The lowest BCUT2D eigenvalue weighted by atomic mass is 10.1. The van der Waals surface area contributed by atoms with Gasteiger partial charge in [-0.1, -0.05) is 23.9 Å². The fourth-order valence-electron chi connectivity index (χ4n) is 2.81. The summed E-state index contributed by atoms with van der Waals surface area (Å²) < 4.78 is 2.05. The molecule has 0 bridgehead atoms. The van der Waals surface area contributed by atoms with Crippen LogP contribution in [-0.2, 0) is 4.79 Å². The summed E-state index contributed by atoms with van der Waals surface area (Å²) in [6.07, 6.45) is 3.63. The first-order chi connectivity index (χ1) is 13.4. The van der Waals surface area contributed by atoms with E-state index in [0.29, 0.717) is 5.16 Å². The van der Waals surface area contributed by atoms with Crippen LogP contribution in [0.25, 0.3) is 5.69 Å². The molecule has 0 saturated heterocycles. The minimum Gasteiger partial charge on any atom is -0.315 e. The zero-order valence-corrected chi connectivity index (χ0v) is 17.2.